The largest absolute Gasteiger partial charge is 0.310 e. The van der Waals surface area contributed by atoms with Crippen LogP contribution in [0, 0.1) is 0 Å². The molecule has 1 aromatic rings. The number of pyridine rings is 1. The molecule has 2 fully saturated rings. The predicted octanol–water partition coefficient (Wildman–Crippen LogP) is 2.58. The lowest BCUT2D eigenvalue weighted by molar-refractivity contribution is 0.159. The van der Waals surface area contributed by atoms with E-state index in [-0.39, 0.29) is 0 Å². The number of hydrogen-bond donors (Lipinski definition) is 1. The topological polar surface area (TPSA) is 28.2 Å². The molecule has 0 atom stereocenters. The molecule has 0 bridgehead atoms. The Labute approximate surface area is 116 Å². The number of nitrogens with zero attached hydrogens (tertiary/aromatic N) is 2. The maximum Gasteiger partial charge on any atom is 0.0308 e. The predicted molar refractivity (Wildman–Crippen MR) is 77.9 cm³/mol. The van der Waals surface area contributed by atoms with Gasteiger partial charge in [0.15, 0.2) is 0 Å². The molecule has 104 valence electrons. The van der Waals surface area contributed by atoms with Crippen molar-refractivity contribution >= 4 is 0 Å². The molecule has 3 heteroatoms. The van der Waals surface area contributed by atoms with Gasteiger partial charge in [-0.3, -0.25) is 9.88 Å². The van der Waals surface area contributed by atoms with Crippen LogP contribution in [0.15, 0.2) is 24.5 Å². The normalized spacial score (nSPS) is 24.2. The fraction of sp³-hybridized carbons (Fsp3) is 0.688. The van der Waals surface area contributed by atoms with E-state index in [0.29, 0.717) is 5.54 Å². The van der Waals surface area contributed by atoms with Crippen molar-refractivity contribution in [1.29, 1.82) is 0 Å². The van der Waals surface area contributed by atoms with Crippen LogP contribution < -0.4 is 5.32 Å². The lowest BCUT2D eigenvalue weighted by atomic mass is 9.81. The monoisotopic (exact) mass is 259 g/mol. The Hall–Kier alpha value is -0.930. The number of nitrogens with one attached hydrogen (secondary N) is 1. The van der Waals surface area contributed by atoms with Gasteiger partial charge in [-0.05, 0) is 50.0 Å². The fourth-order valence-electron chi connectivity index (χ4n) is 3.66. The molecular weight excluding hydrogens is 234 g/mol. The van der Waals surface area contributed by atoms with E-state index in [9.17, 15) is 0 Å². The molecule has 3 rings (SSSR count). The van der Waals surface area contributed by atoms with Crippen molar-refractivity contribution in [2.75, 3.05) is 19.6 Å². The summed E-state index contributed by atoms with van der Waals surface area (Å²) in [5, 5.41) is 3.86. The summed E-state index contributed by atoms with van der Waals surface area (Å²) < 4.78 is 0. The first-order valence-corrected chi connectivity index (χ1v) is 7.73. The zero-order chi connectivity index (χ0) is 13.0. The van der Waals surface area contributed by atoms with Crippen LogP contribution in [-0.4, -0.2) is 35.1 Å². The Bertz CT molecular complexity index is 384. The molecule has 1 aliphatic heterocycles. The third-order valence-corrected chi connectivity index (χ3v) is 4.64. The SMILES string of the molecule is c1cc(CN2CCCNC3(CCCCC3)C2)ccn1. The molecule has 2 aliphatic rings. The van der Waals surface area contributed by atoms with Crippen molar-refractivity contribution in [1.82, 2.24) is 15.2 Å². The molecular formula is C16H25N3. The number of rotatable bonds is 2. The molecule has 2 heterocycles. The summed E-state index contributed by atoms with van der Waals surface area (Å²) in [4.78, 5) is 6.75. The first-order valence-electron chi connectivity index (χ1n) is 7.73. The van der Waals surface area contributed by atoms with Gasteiger partial charge in [-0.2, -0.15) is 0 Å². The van der Waals surface area contributed by atoms with Crippen molar-refractivity contribution in [3.63, 3.8) is 0 Å². The van der Waals surface area contributed by atoms with Crippen LogP contribution in [0.4, 0.5) is 0 Å². The standard InChI is InChI=1S/C16H25N3/c1-2-7-16(8-3-1)14-19(12-4-9-18-16)13-15-5-10-17-11-6-15/h5-6,10-11,18H,1-4,7-9,12-14H2. The second kappa shape index (κ2) is 6.02. The highest BCUT2D eigenvalue weighted by molar-refractivity contribution is 5.10. The Balaban J connectivity index is 1.67. The van der Waals surface area contributed by atoms with Crippen LogP contribution in [-0.2, 0) is 6.54 Å². The summed E-state index contributed by atoms with van der Waals surface area (Å²) in [6.07, 6.45) is 12.0. The maximum absolute atomic E-state index is 4.11. The van der Waals surface area contributed by atoms with Crippen molar-refractivity contribution < 1.29 is 0 Å². The van der Waals surface area contributed by atoms with Crippen LogP contribution >= 0.6 is 0 Å². The third-order valence-electron chi connectivity index (χ3n) is 4.64. The Morgan fingerprint density at radius 3 is 2.68 bits per heavy atom. The van der Waals surface area contributed by atoms with Gasteiger partial charge >= 0.3 is 0 Å². The molecule has 1 saturated heterocycles. The van der Waals surface area contributed by atoms with Gasteiger partial charge in [0, 0.05) is 31.0 Å². The average Bonchev–Trinajstić information content (AvgIpc) is 2.63. The fourth-order valence-corrected chi connectivity index (χ4v) is 3.66. The molecule has 1 aromatic heterocycles. The van der Waals surface area contributed by atoms with Crippen LogP contribution in [0.25, 0.3) is 0 Å². The minimum Gasteiger partial charge on any atom is -0.310 e. The van der Waals surface area contributed by atoms with Crippen LogP contribution in [0.5, 0.6) is 0 Å². The second-order valence-electron chi connectivity index (χ2n) is 6.19. The van der Waals surface area contributed by atoms with Gasteiger partial charge in [-0.15, -0.1) is 0 Å². The summed E-state index contributed by atoms with van der Waals surface area (Å²) >= 11 is 0. The van der Waals surface area contributed by atoms with E-state index in [2.05, 4.69) is 27.3 Å². The zero-order valence-electron chi connectivity index (χ0n) is 11.8. The lowest BCUT2D eigenvalue weighted by Crippen LogP contribution is -2.52. The molecule has 1 aliphatic carbocycles. The minimum atomic E-state index is 0.405. The van der Waals surface area contributed by atoms with E-state index in [1.807, 2.05) is 12.4 Å². The molecule has 1 spiro atoms. The second-order valence-corrected chi connectivity index (χ2v) is 6.19. The minimum absolute atomic E-state index is 0.405. The number of hydrogen-bond acceptors (Lipinski definition) is 3. The van der Waals surface area contributed by atoms with Gasteiger partial charge < -0.3 is 5.32 Å². The Morgan fingerprint density at radius 2 is 1.89 bits per heavy atom. The van der Waals surface area contributed by atoms with Gasteiger partial charge in [0.1, 0.15) is 0 Å². The highest BCUT2D eigenvalue weighted by Crippen LogP contribution is 2.30. The third kappa shape index (κ3) is 3.34. The van der Waals surface area contributed by atoms with Crippen molar-refractivity contribution in [2.45, 2.75) is 50.6 Å². The molecule has 1 N–H and O–H groups in total. The maximum atomic E-state index is 4.11. The molecule has 0 amide bonds. The van der Waals surface area contributed by atoms with Crippen molar-refractivity contribution in [3.8, 4) is 0 Å². The Morgan fingerprint density at radius 1 is 1.11 bits per heavy atom. The molecule has 1 saturated carbocycles. The van der Waals surface area contributed by atoms with Crippen molar-refractivity contribution in [3.05, 3.63) is 30.1 Å². The van der Waals surface area contributed by atoms with Gasteiger partial charge in [0.25, 0.3) is 0 Å². The van der Waals surface area contributed by atoms with E-state index >= 15 is 0 Å². The van der Waals surface area contributed by atoms with Gasteiger partial charge in [-0.25, -0.2) is 0 Å². The van der Waals surface area contributed by atoms with Crippen LogP contribution in [0.2, 0.25) is 0 Å². The molecule has 0 unspecified atom stereocenters. The highest BCUT2D eigenvalue weighted by Gasteiger charge is 2.34. The summed E-state index contributed by atoms with van der Waals surface area (Å²) in [7, 11) is 0. The molecule has 0 radical (unpaired) electrons. The molecule has 3 nitrogen and oxygen atoms in total. The van der Waals surface area contributed by atoms with Crippen LogP contribution in [0.1, 0.15) is 44.1 Å². The summed E-state index contributed by atoms with van der Waals surface area (Å²) in [6, 6.07) is 4.29. The summed E-state index contributed by atoms with van der Waals surface area (Å²) in [5.74, 6) is 0. The highest BCUT2D eigenvalue weighted by atomic mass is 15.2. The lowest BCUT2D eigenvalue weighted by Gasteiger charge is -2.40. The van der Waals surface area contributed by atoms with E-state index in [1.165, 1.54) is 63.7 Å². The van der Waals surface area contributed by atoms with E-state index in [1.54, 1.807) is 0 Å². The van der Waals surface area contributed by atoms with E-state index in [0.717, 1.165) is 6.54 Å². The smallest absolute Gasteiger partial charge is 0.0308 e. The van der Waals surface area contributed by atoms with Crippen molar-refractivity contribution in [2.24, 2.45) is 0 Å². The average molecular weight is 259 g/mol. The van der Waals surface area contributed by atoms with Crippen LogP contribution in [0.3, 0.4) is 0 Å². The van der Waals surface area contributed by atoms with E-state index < -0.39 is 0 Å². The van der Waals surface area contributed by atoms with Gasteiger partial charge in [0.05, 0.1) is 0 Å². The first kappa shape index (κ1) is 13.1. The van der Waals surface area contributed by atoms with Gasteiger partial charge in [0.2, 0.25) is 0 Å². The molecule has 19 heavy (non-hydrogen) atoms. The Kier molecular flexibility index (Phi) is 4.14. The van der Waals surface area contributed by atoms with Gasteiger partial charge in [-0.1, -0.05) is 19.3 Å². The van der Waals surface area contributed by atoms with E-state index in [4.69, 9.17) is 0 Å². The first-order chi connectivity index (χ1) is 9.36. The summed E-state index contributed by atoms with van der Waals surface area (Å²) in [6.45, 7) is 4.70. The quantitative estimate of drug-likeness (QED) is 0.885. The summed E-state index contributed by atoms with van der Waals surface area (Å²) in [5.41, 5.74) is 1.80. The zero-order valence-corrected chi connectivity index (χ0v) is 11.8. The number of aromatic nitrogens is 1. The molecule has 0 aromatic carbocycles.